The third kappa shape index (κ3) is 6.93. The highest BCUT2D eigenvalue weighted by Crippen LogP contribution is 2.18. The van der Waals surface area contributed by atoms with Crippen molar-refractivity contribution in [2.24, 2.45) is 0 Å². The molecular weight excluding hydrogens is 266 g/mol. The topological polar surface area (TPSA) is 86.6 Å². The van der Waals surface area contributed by atoms with E-state index in [0.717, 1.165) is 12.6 Å². The van der Waals surface area contributed by atoms with Gasteiger partial charge in [0.15, 0.2) is 0 Å². The predicted molar refractivity (Wildman–Crippen MR) is 73.3 cm³/mol. The summed E-state index contributed by atoms with van der Waals surface area (Å²) in [6.07, 6.45) is 7.04. The molecule has 6 heteroatoms. The normalized spacial score (nSPS) is 15.4. The quantitative estimate of drug-likeness (QED) is 0.742. The first-order valence-electron chi connectivity index (χ1n) is 6.31. The lowest BCUT2D eigenvalue weighted by molar-refractivity contribution is -0.159. The smallest absolute Gasteiger partial charge is 0.414 e. The molecule has 106 valence electrons. The second-order valence-corrected chi connectivity index (χ2v) is 5.44. The van der Waals surface area contributed by atoms with Gasteiger partial charge in [0.25, 0.3) is 0 Å². The van der Waals surface area contributed by atoms with Crippen molar-refractivity contribution in [3.63, 3.8) is 0 Å². The van der Waals surface area contributed by atoms with E-state index in [1.165, 1.54) is 37.0 Å². The number of carboxylic acid groups (broad SMARTS) is 2. The van der Waals surface area contributed by atoms with E-state index >= 15 is 0 Å². The summed E-state index contributed by atoms with van der Waals surface area (Å²) in [4.78, 5) is 19.7. The molecule has 0 spiro atoms. The second-order valence-electron chi connectivity index (χ2n) is 4.41. The number of hydrogen-bond acceptors (Lipinski definition) is 4. The minimum Gasteiger partial charge on any atom is -0.473 e. The first kappa shape index (κ1) is 15.7. The Morgan fingerprint density at radius 3 is 2.32 bits per heavy atom. The third-order valence-corrected chi connectivity index (χ3v) is 3.81. The molecule has 1 aliphatic carbocycles. The van der Waals surface area contributed by atoms with Crippen LogP contribution in [0.15, 0.2) is 17.5 Å². The van der Waals surface area contributed by atoms with Crippen LogP contribution in [0.3, 0.4) is 0 Å². The summed E-state index contributed by atoms with van der Waals surface area (Å²) in [5.41, 5.74) is 0. The molecule has 0 bridgehead atoms. The van der Waals surface area contributed by atoms with E-state index in [1.807, 2.05) is 11.3 Å². The maximum Gasteiger partial charge on any atom is 0.414 e. The van der Waals surface area contributed by atoms with Crippen LogP contribution in [-0.4, -0.2) is 28.2 Å². The molecule has 0 amide bonds. The van der Waals surface area contributed by atoms with Gasteiger partial charge in [0.1, 0.15) is 0 Å². The molecule has 2 rings (SSSR count). The van der Waals surface area contributed by atoms with Crippen molar-refractivity contribution in [2.75, 3.05) is 0 Å². The van der Waals surface area contributed by atoms with Crippen LogP contribution in [0.2, 0.25) is 0 Å². The number of thiophene rings is 1. The van der Waals surface area contributed by atoms with Crippen molar-refractivity contribution < 1.29 is 19.8 Å². The summed E-state index contributed by atoms with van der Waals surface area (Å²) in [6.45, 7) is 1.07. The van der Waals surface area contributed by atoms with Gasteiger partial charge in [0.2, 0.25) is 0 Å². The van der Waals surface area contributed by atoms with E-state index in [2.05, 4.69) is 22.8 Å². The summed E-state index contributed by atoms with van der Waals surface area (Å²) in [6, 6.07) is 5.12. The van der Waals surface area contributed by atoms with Gasteiger partial charge in [0, 0.05) is 17.5 Å². The lowest BCUT2D eigenvalue weighted by Crippen LogP contribution is -2.30. The van der Waals surface area contributed by atoms with Gasteiger partial charge in [-0.1, -0.05) is 25.3 Å². The highest BCUT2D eigenvalue weighted by molar-refractivity contribution is 7.09. The molecule has 1 saturated carbocycles. The molecule has 1 aliphatic rings. The molecule has 0 saturated heterocycles. The van der Waals surface area contributed by atoms with Crippen molar-refractivity contribution in [1.29, 1.82) is 0 Å². The summed E-state index contributed by atoms with van der Waals surface area (Å²) < 4.78 is 0. The zero-order chi connectivity index (χ0) is 14.1. The summed E-state index contributed by atoms with van der Waals surface area (Å²) in [5, 5.41) is 20.6. The van der Waals surface area contributed by atoms with Crippen LogP contribution in [0, 0.1) is 0 Å². The van der Waals surface area contributed by atoms with Gasteiger partial charge in [-0.25, -0.2) is 9.59 Å². The molecule has 1 aromatic heterocycles. The highest BCUT2D eigenvalue weighted by atomic mass is 32.1. The molecule has 1 aromatic rings. The standard InChI is InChI=1S/C11H17NS.C2H2O4/c1-2-5-10(6-3-1)12-9-11-7-4-8-13-11;3-1(4)2(5)6/h4,7-8,10,12H,1-3,5-6,9H2;(H,3,4)(H,5,6). The Kier molecular flexibility index (Phi) is 7.14. The largest absolute Gasteiger partial charge is 0.473 e. The van der Waals surface area contributed by atoms with Crippen molar-refractivity contribution in [3.8, 4) is 0 Å². The average molecular weight is 285 g/mol. The van der Waals surface area contributed by atoms with Crippen molar-refractivity contribution >= 4 is 23.3 Å². The van der Waals surface area contributed by atoms with Gasteiger partial charge < -0.3 is 15.5 Å². The number of hydrogen-bond donors (Lipinski definition) is 3. The van der Waals surface area contributed by atoms with Crippen molar-refractivity contribution in [2.45, 2.75) is 44.7 Å². The fourth-order valence-electron chi connectivity index (χ4n) is 1.96. The van der Waals surface area contributed by atoms with Crippen LogP contribution in [0.5, 0.6) is 0 Å². The zero-order valence-corrected chi connectivity index (χ0v) is 11.5. The highest BCUT2D eigenvalue weighted by Gasteiger charge is 2.12. The molecular formula is C13H19NO4S. The van der Waals surface area contributed by atoms with Gasteiger partial charge in [-0.05, 0) is 24.3 Å². The fraction of sp³-hybridized carbons (Fsp3) is 0.538. The Labute approximate surface area is 116 Å². The number of nitrogens with one attached hydrogen (secondary N) is 1. The Bertz CT molecular complexity index is 373. The number of carbonyl (C=O) groups is 2. The van der Waals surface area contributed by atoms with E-state index in [-0.39, 0.29) is 0 Å². The van der Waals surface area contributed by atoms with Gasteiger partial charge in [0.05, 0.1) is 0 Å². The Morgan fingerprint density at radius 1 is 1.21 bits per heavy atom. The zero-order valence-electron chi connectivity index (χ0n) is 10.7. The van der Waals surface area contributed by atoms with Crippen LogP contribution in [-0.2, 0) is 16.1 Å². The SMILES string of the molecule is O=C(O)C(=O)O.c1csc(CNC2CCCCC2)c1. The molecule has 0 aromatic carbocycles. The summed E-state index contributed by atoms with van der Waals surface area (Å²) in [5.74, 6) is -3.65. The minimum atomic E-state index is -1.82. The summed E-state index contributed by atoms with van der Waals surface area (Å²) in [7, 11) is 0. The van der Waals surface area contributed by atoms with Gasteiger partial charge in [-0.3, -0.25) is 0 Å². The predicted octanol–water partition coefficient (Wildman–Crippen LogP) is 2.33. The summed E-state index contributed by atoms with van der Waals surface area (Å²) >= 11 is 1.85. The number of aliphatic carboxylic acids is 2. The van der Waals surface area contributed by atoms with Gasteiger partial charge in [-0.15, -0.1) is 11.3 Å². The Balaban J connectivity index is 0.000000258. The Morgan fingerprint density at radius 2 is 1.84 bits per heavy atom. The number of carboxylic acids is 2. The first-order chi connectivity index (χ1) is 9.09. The van der Waals surface area contributed by atoms with Crippen LogP contribution < -0.4 is 5.32 Å². The third-order valence-electron chi connectivity index (χ3n) is 2.93. The second kappa shape index (κ2) is 8.66. The monoisotopic (exact) mass is 285 g/mol. The van der Waals surface area contributed by atoms with Crippen LogP contribution in [0.4, 0.5) is 0 Å². The molecule has 1 fully saturated rings. The van der Waals surface area contributed by atoms with E-state index in [4.69, 9.17) is 19.8 Å². The molecule has 3 N–H and O–H groups in total. The average Bonchev–Trinajstić information content (AvgIpc) is 2.91. The van der Waals surface area contributed by atoms with Crippen LogP contribution >= 0.6 is 11.3 Å². The van der Waals surface area contributed by atoms with E-state index in [0.29, 0.717) is 0 Å². The van der Waals surface area contributed by atoms with Crippen molar-refractivity contribution in [3.05, 3.63) is 22.4 Å². The molecule has 0 unspecified atom stereocenters. The van der Waals surface area contributed by atoms with Crippen LogP contribution in [0.1, 0.15) is 37.0 Å². The molecule has 0 atom stereocenters. The molecule has 0 radical (unpaired) electrons. The van der Waals surface area contributed by atoms with Gasteiger partial charge in [-0.2, -0.15) is 0 Å². The van der Waals surface area contributed by atoms with E-state index < -0.39 is 11.9 Å². The first-order valence-corrected chi connectivity index (χ1v) is 7.19. The molecule has 0 aliphatic heterocycles. The maximum atomic E-state index is 9.10. The van der Waals surface area contributed by atoms with E-state index in [1.54, 1.807) is 0 Å². The lowest BCUT2D eigenvalue weighted by Gasteiger charge is -2.22. The Hall–Kier alpha value is -1.40. The van der Waals surface area contributed by atoms with Crippen LogP contribution in [0.25, 0.3) is 0 Å². The number of rotatable bonds is 3. The van der Waals surface area contributed by atoms with Crippen molar-refractivity contribution in [1.82, 2.24) is 5.32 Å². The minimum absolute atomic E-state index is 0.788. The fourth-order valence-corrected chi connectivity index (χ4v) is 2.62. The van der Waals surface area contributed by atoms with E-state index in [9.17, 15) is 0 Å². The molecule has 19 heavy (non-hydrogen) atoms. The molecule has 1 heterocycles. The lowest BCUT2D eigenvalue weighted by atomic mass is 9.95. The maximum absolute atomic E-state index is 9.10. The molecule has 5 nitrogen and oxygen atoms in total. The van der Waals surface area contributed by atoms with Gasteiger partial charge >= 0.3 is 11.9 Å².